The fraction of sp³-hybridized carbons (Fsp3) is 0.474. The molecule has 166 valence electrons. The van der Waals surface area contributed by atoms with Gasteiger partial charge in [-0.1, -0.05) is 0 Å². The number of hydrogen-bond donors (Lipinski definition) is 5. The normalized spacial score (nSPS) is 12.5. The van der Waals surface area contributed by atoms with Crippen LogP contribution in [0.4, 0.5) is 11.4 Å². The molecular formula is C19H28N4O5S2. The summed E-state index contributed by atoms with van der Waals surface area (Å²) in [5.74, 6) is -1.36. The average molecular weight is 457 g/mol. The predicted molar refractivity (Wildman–Crippen MR) is 122 cm³/mol. The van der Waals surface area contributed by atoms with Gasteiger partial charge in [-0.15, -0.1) is 0 Å². The number of rotatable bonds is 12. The lowest BCUT2D eigenvalue weighted by Crippen LogP contribution is -2.52. The van der Waals surface area contributed by atoms with Crippen LogP contribution in [-0.4, -0.2) is 64.9 Å². The molecule has 3 amide bonds. The Morgan fingerprint density at radius 3 is 2.17 bits per heavy atom. The van der Waals surface area contributed by atoms with Crippen LogP contribution in [0, 0.1) is 0 Å². The van der Waals surface area contributed by atoms with E-state index in [2.05, 4.69) is 16.0 Å². The molecule has 0 radical (unpaired) electrons. The third kappa shape index (κ3) is 8.54. The van der Waals surface area contributed by atoms with Crippen molar-refractivity contribution in [2.45, 2.75) is 31.8 Å². The monoisotopic (exact) mass is 456 g/mol. The summed E-state index contributed by atoms with van der Waals surface area (Å²) in [4.78, 5) is 48.1. The molecule has 30 heavy (non-hydrogen) atoms. The van der Waals surface area contributed by atoms with Crippen LogP contribution in [0.3, 0.4) is 0 Å². The molecule has 6 N–H and O–H groups in total. The molecule has 9 nitrogen and oxygen atoms in total. The van der Waals surface area contributed by atoms with Gasteiger partial charge in [0.05, 0.1) is 11.4 Å². The molecule has 2 atom stereocenters. The van der Waals surface area contributed by atoms with E-state index in [0.717, 1.165) is 0 Å². The average Bonchev–Trinajstić information content (AvgIpc) is 2.68. The van der Waals surface area contributed by atoms with Gasteiger partial charge in [0.1, 0.15) is 12.1 Å². The number of benzene rings is 1. The van der Waals surface area contributed by atoms with E-state index in [4.69, 9.17) is 5.73 Å². The molecule has 0 aliphatic rings. The van der Waals surface area contributed by atoms with Gasteiger partial charge in [-0.3, -0.25) is 14.4 Å². The molecule has 11 heteroatoms. The molecule has 0 aliphatic heterocycles. The molecule has 0 bridgehead atoms. The Labute approximate surface area is 184 Å². The fourth-order valence-corrected chi connectivity index (χ4v) is 3.45. The molecular weight excluding hydrogens is 428 g/mol. The van der Waals surface area contributed by atoms with E-state index in [-0.39, 0.29) is 17.9 Å². The Balaban J connectivity index is 2.95. The third-order valence-electron chi connectivity index (χ3n) is 4.08. The summed E-state index contributed by atoms with van der Waals surface area (Å²) >= 11 is 2.99. The lowest BCUT2D eigenvalue weighted by molar-refractivity contribution is -0.142. The van der Waals surface area contributed by atoms with Gasteiger partial charge in [-0.25, -0.2) is 4.79 Å². The maximum absolute atomic E-state index is 12.7. The van der Waals surface area contributed by atoms with Crippen molar-refractivity contribution in [3.63, 3.8) is 0 Å². The van der Waals surface area contributed by atoms with Gasteiger partial charge < -0.3 is 26.8 Å². The second-order valence-corrected chi connectivity index (χ2v) is 8.44. The Morgan fingerprint density at radius 1 is 1.03 bits per heavy atom. The summed E-state index contributed by atoms with van der Waals surface area (Å²) in [6, 6.07) is 2.47. The Bertz CT molecular complexity index is 775. The van der Waals surface area contributed by atoms with Gasteiger partial charge in [0.15, 0.2) is 0 Å². The van der Waals surface area contributed by atoms with Crippen LogP contribution in [0.25, 0.3) is 0 Å². The first-order valence-electron chi connectivity index (χ1n) is 9.18. The summed E-state index contributed by atoms with van der Waals surface area (Å²) in [6.07, 6.45) is 4.34. The number of nitrogens with two attached hydrogens (primary N) is 1. The highest BCUT2D eigenvalue weighted by atomic mass is 32.2. The molecule has 2 unspecified atom stereocenters. The van der Waals surface area contributed by atoms with Gasteiger partial charge in [-0.05, 0) is 55.1 Å². The third-order valence-corrected chi connectivity index (χ3v) is 5.37. The number of carboxylic acids is 1. The summed E-state index contributed by atoms with van der Waals surface area (Å²) in [5, 5.41) is 17.0. The molecule has 1 aromatic rings. The number of nitrogen functional groups attached to an aromatic ring is 1. The number of amides is 3. The van der Waals surface area contributed by atoms with E-state index in [1.807, 2.05) is 12.5 Å². The molecule has 0 aliphatic carbocycles. The van der Waals surface area contributed by atoms with E-state index in [1.54, 1.807) is 0 Å². The molecule has 0 saturated heterocycles. The standard InChI is InChI=1S/C19H28N4O5S2/c1-11(24)21-16-10-12(4-5-13(16)20)17(25)22-14(6-8-29-2)18(26)23-15(19(27)28)7-9-30-3/h4-5,10,14-15H,6-9,20H2,1-3H3,(H,21,24)(H,22,25)(H,23,26)(H,27,28). The zero-order valence-corrected chi connectivity index (χ0v) is 18.8. The molecule has 0 heterocycles. The van der Waals surface area contributed by atoms with Gasteiger partial charge in [0.25, 0.3) is 5.91 Å². The zero-order chi connectivity index (χ0) is 22.7. The number of carbonyl (C=O) groups excluding carboxylic acids is 3. The first kappa shape index (κ1) is 25.6. The Kier molecular flexibility index (Phi) is 11.1. The minimum absolute atomic E-state index is 0.215. The molecule has 0 saturated carbocycles. The van der Waals surface area contributed by atoms with Gasteiger partial charge in [0.2, 0.25) is 11.8 Å². The van der Waals surface area contributed by atoms with Crippen molar-refractivity contribution < 1.29 is 24.3 Å². The van der Waals surface area contributed by atoms with Gasteiger partial charge in [-0.2, -0.15) is 23.5 Å². The maximum atomic E-state index is 12.7. The zero-order valence-electron chi connectivity index (χ0n) is 17.2. The molecule has 1 rings (SSSR count). The molecule has 1 aromatic carbocycles. The minimum atomic E-state index is -1.12. The van der Waals surface area contributed by atoms with Crippen LogP contribution in [0.1, 0.15) is 30.1 Å². The van der Waals surface area contributed by atoms with Crippen molar-refractivity contribution in [3.05, 3.63) is 23.8 Å². The van der Waals surface area contributed by atoms with Crippen LogP contribution >= 0.6 is 23.5 Å². The summed E-state index contributed by atoms with van der Waals surface area (Å²) in [5.41, 5.74) is 6.62. The first-order chi connectivity index (χ1) is 14.2. The number of thioether (sulfide) groups is 2. The largest absolute Gasteiger partial charge is 0.480 e. The second-order valence-electron chi connectivity index (χ2n) is 6.47. The van der Waals surface area contributed by atoms with Crippen molar-refractivity contribution in [1.82, 2.24) is 10.6 Å². The van der Waals surface area contributed by atoms with Crippen LogP contribution in [-0.2, 0) is 14.4 Å². The number of aliphatic carboxylic acids is 1. The highest BCUT2D eigenvalue weighted by molar-refractivity contribution is 7.98. The number of nitrogens with one attached hydrogen (secondary N) is 3. The fourth-order valence-electron chi connectivity index (χ4n) is 2.51. The van der Waals surface area contributed by atoms with E-state index in [1.165, 1.54) is 48.6 Å². The smallest absolute Gasteiger partial charge is 0.326 e. The summed E-state index contributed by atoms with van der Waals surface area (Å²) in [6.45, 7) is 1.32. The van der Waals surface area contributed by atoms with Crippen LogP contribution < -0.4 is 21.7 Å². The van der Waals surface area contributed by atoms with Crippen molar-refractivity contribution in [1.29, 1.82) is 0 Å². The lowest BCUT2D eigenvalue weighted by atomic mass is 10.1. The molecule has 0 fully saturated rings. The molecule has 0 spiro atoms. The summed E-state index contributed by atoms with van der Waals surface area (Å²) in [7, 11) is 0. The van der Waals surface area contributed by atoms with Crippen LogP contribution in [0.5, 0.6) is 0 Å². The first-order valence-corrected chi connectivity index (χ1v) is 12.0. The van der Waals surface area contributed by atoms with Crippen LogP contribution in [0.2, 0.25) is 0 Å². The topological polar surface area (TPSA) is 151 Å². The minimum Gasteiger partial charge on any atom is -0.480 e. The van der Waals surface area contributed by atoms with Crippen molar-refractivity contribution in [2.24, 2.45) is 0 Å². The lowest BCUT2D eigenvalue weighted by Gasteiger charge is -2.21. The van der Waals surface area contributed by atoms with Gasteiger partial charge in [0, 0.05) is 12.5 Å². The van der Waals surface area contributed by atoms with Crippen molar-refractivity contribution in [3.8, 4) is 0 Å². The second kappa shape index (κ2) is 13.0. The quantitative estimate of drug-likeness (QED) is 0.296. The molecule has 0 aromatic heterocycles. The highest BCUT2D eigenvalue weighted by Gasteiger charge is 2.26. The van der Waals surface area contributed by atoms with Crippen LogP contribution in [0.15, 0.2) is 18.2 Å². The SMILES string of the molecule is CSCCC(NC(=O)C(CCSC)NC(=O)c1ccc(N)c(NC(C)=O)c1)C(=O)O. The Morgan fingerprint density at radius 2 is 1.63 bits per heavy atom. The Hall–Kier alpha value is -2.40. The van der Waals surface area contributed by atoms with Crippen molar-refractivity contribution in [2.75, 3.05) is 35.1 Å². The van der Waals surface area contributed by atoms with E-state index in [0.29, 0.717) is 29.3 Å². The number of carbonyl (C=O) groups is 4. The maximum Gasteiger partial charge on any atom is 0.326 e. The van der Waals surface area contributed by atoms with Gasteiger partial charge >= 0.3 is 5.97 Å². The van der Waals surface area contributed by atoms with E-state index in [9.17, 15) is 24.3 Å². The van der Waals surface area contributed by atoms with Crippen molar-refractivity contribution >= 4 is 58.6 Å². The highest BCUT2D eigenvalue weighted by Crippen LogP contribution is 2.20. The summed E-state index contributed by atoms with van der Waals surface area (Å²) < 4.78 is 0. The number of carboxylic acid groups (broad SMARTS) is 1. The van der Waals surface area contributed by atoms with E-state index >= 15 is 0 Å². The number of anilines is 2. The van der Waals surface area contributed by atoms with E-state index < -0.39 is 29.9 Å². The predicted octanol–water partition coefficient (Wildman–Crippen LogP) is 1.40. The number of hydrogen-bond acceptors (Lipinski definition) is 7.